The number of hydrogen-bond acceptors (Lipinski definition) is 5. The molecule has 0 bridgehead atoms. The van der Waals surface area contributed by atoms with Crippen LogP contribution in [0.3, 0.4) is 0 Å². The maximum absolute atomic E-state index is 13.2. The van der Waals surface area contributed by atoms with Crippen molar-refractivity contribution in [2.75, 3.05) is 46.4 Å². The maximum Gasteiger partial charge on any atom is 0.338 e. The highest BCUT2D eigenvalue weighted by Gasteiger charge is 2.38. The predicted molar refractivity (Wildman–Crippen MR) is 129 cm³/mol. The van der Waals surface area contributed by atoms with Crippen molar-refractivity contribution >= 4 is 17.9 Å². The van der Waals surface area contributed by atoms with Crippen LogP contribution >= 0.6 is 0 Å². The number of likely N-dealkylation sites (N-methyl/N-ethyl adjacent to an activating group) is 1. The van der Waals surface area contributed by atoms with Crippen molar-refractivity contribution in [2.45, 2.75) is 45.6 Å². The average molecular weight is 469 g/mol. The van der Waals surface area contributed by atoms with Crippen LogP contribution in [-0.4, -0.2) is 79.0 Å². The molecule has 4 rings (SSSR count). The van der Waals surface area contributed by atoms with Crippen LogP contribution < -0.4 is 5.32 Å². The lowest BCUT2D eigenvalue weighted by atomic mass is 9.84. The van der Waals surface area contributed by atoms with Gasteiger partial charge in [0.05, 0.1) is 18.2 Å². The molecule has 1 saturated heterocycles. The number of carbonyl (C=O) groups excluding carboxylic acids is 3. The number of hydrogen-bond donors (Lipinski definition) is 1. The molecule has 3 amide bonds. The third kappa shape index (κ3) is 5.12. The lowest BCUT2D eigenvalue weighted by Crippen LogP contribution is -2.49. The maximum atomic E-state index is 13.2. The fourth-order valence-electron chi connectivity index (χ4n) is 4.97. The molecule has 1 atom stereocenters. The molecule has 2 aliphatic heterocycles. The second kappa shape index (κ2) is 10.6. The van der Waals surface area contributed by atoms with E-state index in [4.69, 9.17) is 4.74 Å². The van der Waals surface area contributed by atoms with Crippen LogP contribution in [0.15, 0.2) is 35.5 Å². The molecule has 0 spiro atoms. The molecule has 1 aromatic carbocycles. The summed E-state index contributed by atoms with van der Waals surface area (Å²) in [5.74, 6) is 0.0774. The highest BCUT2D eigenvalue weighted by atomic mass is 16.5. The summed E-state index contributed by atoms with van der Waals surface area (Å²) in [6.07, 6.45) is 4.04. The second-order valence-corrected chi connectivity index (χ2v) is 9.52. The van der Waals surface area contributed by atoms with Gasteiger partial charge < -0.3 is 15.0 Å². The van der Waals surface area contributed by atoms with Crippen LogP contribution in [0.5, 0.6) is 0 Å². The molecule has 0 aromatic heterocycles. The van der Waals surface area contributed by atoms with Crippen LogP contribution in [0.25, 0.3) is 0 Å². The molecule has 0 radical (unpaired) electrons. The number of ether oxygens (including phenoxy) is 1. The molecule has 34 heavy (non-hydrogen) atoms. The van der Waals surface area contributed by atoms with Crippen molar-refractivity contribution in [2.24, 2.45) is 5.92 Å². The van der Waals surface area contributed by atoms with Gasteiger partial charge in [0.1, 0.15) is 0 Å². The molecule has 3 aliphatic rings. The topological polar surface area (TPSA) is 82.2 Å². The van der Waals surface area contributed by atoms with E-state index in [2.05, 4.69) is 10.2 Å². The van der Waals surface area contributed by atoms with Crippen molar-refractivity contribution < 1.29 is 19.1 Å². The number of nitrogens with zero attached hydrogens (tertiary/aromatic N) is 3. The Labute approximate surface area is 201 Å². The van der Waals surface area contributed by atoms with E-state index < -0.39 is 12.0 Å². The fourth-order valence-corrected chi connectivity index (χ4v) is 4.97. The number of nitrogens with one attached hydrogen (secondary N) is 1. The SMILES string of the molecule is CCOC(=O)C1=C(CN2CCCN(C(=O)C3CCC3)CC2)N(C)C(=O)N[C@@H]1c1cccc(C)c1. The molecule has 8 heteroatoms. The standard InChI is InChI=1S/C26H36N4O4/c1-4-34-25(32)22-21(28(3)26(33)27-23(22)20-11-5-8-18(2)16-20)17-29-12-7-13-30(15-14-29)24(31)19-9-6-10-19/h5,8,11,16,19,23H,4,6-7,9-10,12-15,17H2,1-3H3,(H,27,33)/t23-/m1/s1. The number of carbonyl (C=O) groups is 3. The number of urea groups is 1. The molecule has 184 valence electrons. The highest BCUT2D eigenvalue weighted by Crippen LogP contribution is 2.32. The molecule has 8 nitrogen and oxygen atoms in total. The van der Waals surface area contributed by atoms with E-state index in [-0.39, 0.29) is 24.5 Å². The first-order chi connectivity index (χ1) is 16.4. The summed E-state index contributed by atoms with van der Waals surface area (Å²) in [5, 5.41) is 2.98. The van der Waals surface area contributed by atoms with Gasteiger partial charge in [-0.1, -0.05) is 36.2 Å². The summed E-state index contributed by atoms with van der Waals surface area (Å²) in [6.45, 7) is 7.44. The molecule has 1 saturated carbocycles. The van der Waals surface area contributed by atoms with Gasteiger partial charge in [0.25, 0.3) is 0 Å². The summed E-state index contributed by atoms with van der Waals surface area (Å²) in [7, 11) is 1.70. The van der Waals surface area contributed by atoms with E-state index >= 15 is 0 Å². The third-order valence-electron chi connectivity index (χ3n) is 7.18. The van der Waals surface area contributed by atoms with Gasteiger partial charge in [-0.2, -0.15) is 0 Å². The Morgan fingerprint density at radius 1 is 1.12 bits per heavy atom. The molecule has 1 aliphatic carbocycles. The monoisotopic (exact) mass is 468 g/mol. The quantitative estimate of drug-likeness (QED) is 0.650. The zero-order chi connectivity index (χ0) is 24.2. The van der Waals surface area contributed by atoms with Gasteiger partial charge in [-0.05, 0) is 38.7 Å². The van der Waals surface area contributed by atoms with E-state index in [0.29, 0.717) is 30.9 Å². The van der Waals surface area contributed by atoms with Crippen LogP contribution in [0.1, 0.15) is 49.8 Å². The Hall–Kier alpha value is -2.87. The summed E-state index contributed by atoms with van der Waals surface area (Å²) in [6, 6.07) is 7.02. The number of aryl methyl sites for hydroxylation is 1. The average Bonchev–Trinajstić information content (AvgIpc) is 3.01. The number of benzene rings is 1. The van der Waals surface area contributed by atoms with Crippen molar-refractivity contribution in [3.8, 4) is 0 Å². The van der Waals surface area contributed by atoms with Gasteiger partial charge in [-0.25, -0.2) is 9.59 Å². The summed E-state index contributed by atoms with van der Waals surface area (Å²) < 4.78 is 5.44. The Balaban J connectivity index is 1.60. The van der Waals surface area contributed by atoms with Gasteiger partial charge in [0.15, 0.2) is 0 Å². The highest BCUT2D eigenvalue weighted by molar-refractivity contribution is 5.95. The first kappa shape index (κ1) is 24.3. The third-order valence-corrected chi connectivity index (χ3v) is 7.18. The summed E-state index contributed by atoms with van der Waals surface area (Å²) >= 11 is 0. The molecule has 2 fully saturated rings. The smallest absolute Gasteiger partial charge is 0.338 e. The van der Waals surface area contributed by atoms with Crippen LogP contribution in [-0.2, 0) is 14.3 Å². The molecular formula is C26H36N4O4. The first-order valence-electron chi connectivity index (χ1n) is 12.4. The lowest BCUT2D eigenvalue weighted by Gasteiger charge is -2.36. The van der Waals surface area contributed by atoms with Gasteiger partial charge in [-0.15, -0.1) is 0 Å². The van der Waals surface area contributed by atoms with Crippen LogP contribution in [0.2, 0.25) is 0 Å². The molecular weight excluding hydrogens is 432 g/mol. The van der Waals surface area contributed by atoms with Crippen molar-refractivity contribution in [3.05, 3.63) is 46.7 Å². The number of esters is 1. The molecule has 2 heterocycles. The normalized spacial score (nSPS) is 22.2. The van der Waals surface area contributed by atoms with Crippen LogP contribution in [0, 0.1) is 12.8 Å². The fraction of sp³-hybridized carbons (Fsp3) is 0.577. The molecule has 1 N–H and O–H groups in total. The minimum absolute atomic E-state index is 0.202. The minimum Gasteiger partial charge on any atom is -0.463 e. The molecule has 0 unspecified atom stereocenters. The van der Waals surface area contributed by atoms with Crippen molar-refractivity contribution in [1.82, 2.24) is 20.0 Å². The van der Waals surface area contributed by atoms with Gasteiger partial charge in [0, 0.05) is 51.4 Å². The van der Waals surface area contributed by atoms with E-state index in [1.54, 1.807) is 14.0 Å². The molecule has 1 aromatic rings. The largest absolute Gasteiger partial charge is 0.463 e. The zero-order valence-electron chi connectivity index (χ0n) is 20.5. The Morgan fingerprint density at radius 3 is 2.59 bits per heavy atom. The van der Waals surface area contributed by atoms with E-state index in [0.717, 1.165) is 49.9 Å². The van der Waals surface area contributed by atoms with Gasteiger partial charge in [-0.3, -0.25) is 14.6 Å². The van der Waals surface area contributed by atoms with Gasteiger partial charge in [0.2, 0.25) is 5.91 Å². The van der Waals surface area contributed by atoms with Gasteiger partial charge >= 0.3 is 12.0 Å². The summed E-state index contributed by atoms with van der Waals surface area (Å²) in [5.41, 5.74) is 3.04. The number of amides is 3. The van der Waals surface area contributed by atoms with E-state index in [9.17, 15) is 14.4 Å². The Kier molecular flexibility index (Phi) is 7.56. The van der Waals surface area contributed by atoms with Crippen LogP contribution in [0.4, 0.5) is 4.79 Å². The van der Waals surface area contributed by atoms with E-state index in [1.807, 2.05) is 36.1 Å². The zero-order valence-corrected chi connectivity index (χ0v) is 20.5. The lowest BCUT2D eigenvalue weighted by molar-refractivity contribution is -0.139. The predicted octanol–water partition coefficient (Wildman–Crippen LogP) is 2.84. The van der Waals surface area contributed by atoms with Crippen molar-refractivity contribution in [1.29, 1.82) is 0 Å². The van der Waals surface area contributed by atoms with E-state index in [1.165, 1.54) is 4.90 Å². The Bertz CT molecular complexity index is 971. The first-order valence-corrected chi connectivity index (χ1v) is 12.4. The number of rotatable bonds is 6. The second-order valence-electron chi connectivity index (χ2n) is 9.52. The van der Waals surface area contributed by atoms with Crippen molar-refractivity contribution in [3.63, 3.8) is 0 Å². The Morgan fingerprint density at radius 2 is 1.91 bits per heavy atom. The minimum atomic E-state index is -0.568. The summed E-state index contributed by atoms with van der Waals surface area (Å²) in [4.78, 5) is 44.6.